The van der Waals surface area contributed by atoms with E-state index in [1.54, 1.807) is 12.3 Å². The molecule has 1 aromatic heterocycles. The first-order valence-electron chi connectivity index (χ1n) is 6.03. The van der Waals surface area contributed by atoms with Gasteiger partial charge in [-0.2, -0.15) is 0 Å². The number of anilines is 1. The maximum atomic E-state index is 12.0. The zero-order valence-corrected chi connectivity index (χ0v) is 10.5. The second kappa shape index (κ2) is 4.31. The van der Waals surface area contributed by atoms with Crippen molar-refractivity contribution in [1.29, 1.82) is 0 Å². The van der Waals surface area contributed by atoms with Gasteiger partial charge in [0.05, 0.1) is 23.5 Å². The van der Waals surface area contributed by atoms with Crippen LogP contribution >= 0.6 is 0 Å². The molecule has 1 aliphatic rings. The van der Waals surface area contributed by atoms with Crippen LogP contribution < -0.4 is 4.90 Å². The highest BCUT2D eigenvalue weighted by atomic mass is 16.2. The molecule has 1 aromatic carbocycles. The zero-order valence-electron chi connectivity index (χ0n) is 10.5. The van der Waals surface area contributed by atoms with Gasteiger partial charge in [-0.25, -0.2) is 0 Å². The number of hydrogen-bond acceptors (Lipinski definition) is 3. The van der Waals surface area contributed by atoms with Crippen molar-refractivity contribution in [3.05, 3.63) is 59.4 Å². The molecule has 0 spiro atoms. The predicted octanol–water partition coefficient (Wildman–Crippen LogP) is 2.12. The van der Waals surface area contributed by atoms with Crippen LogP contribution in [-0.2, 0) is 11.3 Å². The number of fused-ring (bicyclic) bond motifs is 1. The van der Waals surface area contributed by atoms with Gasteiger partial charge in [0.1, 0.15) is 0 Å². The minimum absolute atomic E-state index is 0.321. The largest absolute Gasteiger partial charge is 0.299 e. The van der Waals surface area contributed by atoms with E-state index in [1.807, 2.05) is 37.3 Å². The number of benzene rings is 1. The summed E-state index contributed by atoms with van der Waals surface area (Å²) >= 11 is 0. The molecule has 19 heavy (non-hydrogen) atoms. The Hall–Kier alpha value is -2.49. The van der Waals surface area contributed by atoms with Crippen molar-refractivity contribution < 1.29 is 9.59 Å². The van der Waals surface area contributed by atoms with E-state index < -0.39 is 11.7 Å². The van der Waals surface area contributed by atoms with Gasteiger partial charge in [-0.05, 0) is 31.2 Å². The summed E-state index contributed by atoms with van der Waals surface area (Å²) < 4.78 is 0. The van der Waals surface area contributed by atoms with Crippen LogP contribution in [0.5, 0.6) is 0 Å². The molecule has 0 atom stereocenters. The van der Waals surface area contributed by atoms with Gasteiger partial charge in [0.15, 0.2) is 0 Å². The third-order valence-electron chi connectivity index (χ3n) is 3.17. The topological polar surface area (TPSA) is 50.3 Å². The fourth-order valence-corrected chi connectivity index (χ4v) is 2.22. The summed E-state index contributed by atoms with van der Waals surface area (Å²) in [5.74, 6) is -0.916. The Labute approximate surface area is 110 Å². The number of hydrogen-bond donors (Lipinski definition) is 0. The van der Waals surface area contributed by atoms with Gasteiger partial charge in [-0.15, -0.1) is 0 Å². The van der Waals surface area contributed by atoms with E-state index in [0.29, 0.717) is 17.8 Å². The maximum absolute atomic E-state index is 12.0. The number of pyridine rings is 1. The number of carbonyl (C=O) groups excluding carboxylic acids is 2. The normalized spacial score (nSPS) is 13.8. The van der Waals surface area contributed by atoms with Gasteiger partial charge in [0, 0.05) is 6.20 Å². The standard InChI is InChI=1S/C15H12N2O2/c1-10-5-6-13-12(8-10)14(18)15(19)17(13)9-11-4-2-3-7-16-11/h2-8H,9H2,1H3. The number of aromatic nitrogens is 1. The highest BCUT2D eigenvalue weighted by Crippen LogP contribution is 2.30. The molecule has 0 saturated heterocycles. The molecule has 1 aliphatic heterocycles. The SMILES string of the molecule is Cc1ccc2c(c1)C(=O)C(=O)N2Cc1ccccn1. The fraction of sp³-hybridized carbons (Fsp3) is 0.133. The lowest BCUT2D eigenvalue weighted by Gasteiger charge is -2.15. The summed E-state index contributed by atoms with van der Waals surface area (Å²) in [6, 6.07) is 11.0. The minimum Gasteiger partial charge on any atom is -0.299 e. The average Bonchev–Trinajstić information content (AvgIpc) is 2.65. The molecule has 0 unspecified atom stereocenters. The molecule has 0 bridgehead atoms. The van der Waals surface area contributed by atoms with E-state index >= 15 is 0 Å². The lowest BCUT2D eigenvalue weighted by Crippen LogP contribution is -2.29. The second-order valence-electron chi connectivity index (χ2n) is 4.56. The maximum Gasteiger partial charge on any atom is 0.299 e. The van der Waals surface area contributed by atoms with Crippen LogP contribution in [0.15, 0.2) is 42.6 Å². The molecule has 0 radical (unpaired) electrons. The van der Waals surface area contributed by atoms with Crippen LogP contribution in [0, 0.1) is 6.92 Å². The van der Waals surface area contributed by atoms with Crippen LogP contribution in [0.4, 0.5) is 5.69 Å². The lowest BCUT2D eigenvalue weighted by molar-refractivity contribution is -0.114. The van der Waals surface area contributed by atoms with Crippen LogP contribution in [0.2, 0.25) is 0 Å². The highest BCUT2D eigenvalue weighted by molar-refractivity contribution is 6.52. The third-order valence-corrected chi connectivity index (χ3v) is 3.17. The number of carbonyl (C=O) groups is 2. The van der Waals surface area contributed by atoms with E-state index in [2.05, 4.69) is 4.98 Å². The predicted molar refractivity (Wildman–Crippen MR) is 70.9 cm³/mol. The zero-order chi connectivity index (χ0) is 13.4. The molecule has 1 amide bonds. The number of amides is 1. The number of aryl methyl sites for hydroxylation is 1. The van der Waals surface area contributed by atoms with Crippen molar-refractivity contribution in [3.63, 3.8) is 0 Å². The Morgan fingerprint density at radius 1 is 1.16 bits per heavy atom. The average molecular weight is 252 g/mol. The molecule has 0 N–H and O–H groups in total. The van der Waals surface area contributed by atoms with Crippen molar-refractivity contribution in [3.8, 4) is 0 Å². The monoisotopic (exact) mass is 252 g/mol. The van der Waals surface area contributed by atoms with Crippen molar-refractivity contribution in [1.82, 2.24) is 4.98 Å². The second-order valence-corrected chi connectivity index (χ2v) is 4.56. The molecule has 4 heteroatoms. The van der Waals surface area contributed by atoms with Crippen LogP contribution in [0.1, 0.15) is 21.6 Å². The summed E-state index contributed by atoms with van der Waals surface area (Å²) in [6.07, 6.45) is 1.67. The Balaban J connectivity index is 2.00. The molecule has 2 heterocycles. The molecule has 0 fully saturated rings. The van der Waals surface area contributed by atoms with Crippen molar-refractivity contribution >= 4 is 17.4 Å². The lowest BCUT2D eigenvalue weighted by atomic mass is 10.1. The van der Waals surface area contributed by atoms with Crippen molar-refractivity contribution in [2.75, 3.05) is 4.90 Å². The van der Waals surface area contributed by atoms with Gasteiger partial charge < -0.3 is 0 Å². The van der Waals surface area contributed by atoms with Gasteiger partial charge in [0.2, 0.25) is 0 Å². The summed E-state index contributed by atoms with van der Waals surface area (Å²) in [5, 5.41) is 0. The molecule has 0 saturated carbocycles. The Morgan fingerprint density at radius 3 is 2.74 bits per heavy atom. The first kappa shape index (κ1) is 11.6. The molecular weight excluding hydrogens is 240 g/mol. The van der Waals surface area contributed by atoms with Crippen molar-refractivity contribution in [2.45, 2.75) is 13.5 Å². The quantitative estimate of drug-likeness (QED) is 0.769. The van der Waals surface area contributed by atoms with Gasteiger partial charge in [-0.3, -0.25) is 19.5 Å². The van der Waals surface area contributed by atoms with Crippen LogP contribution in [-0.4, -0.2) is 16.7 Å². The first-order valence-corrected chi connectivity index (χ1v) is 6.03. The van der Waals surface area contributed by atoms with Gasteiger partial charge in [0.25, 0.3) is 11.7 Å². The molecule has 94 valence electrons. The molecular formula is C15H12N2O2. The number of Topliss-reactive ketones (excluding diaryl/α,β-unsaturated/α-hetero) is 1. The number of nitrogens with zero attached hydrogens (tertiary/aromatic N) is 2. The Morgan fingerprint density at radius 2 is 2.00 bits per heavy atom. The Bertz CT molecular complexity index is 665. The smallest absolute Gasteiger partial charge is 0.299 e. The fourth-order valence-electron chi connectivity index (χ4n) is 2.22. The molecule has 4 nitrogen and oxygen atoms in total. The minimum atomic E-state index is -0.480. The molecule has 0 aliphatic carbocycles. The number of rotatable bonds is 2. The van der Waals surface area contributed by atoms with E-state index in [0.717, 1.165) is 11.3 Å². The Kier molecular flexibility index (Phi) is 2.63. The van der Waals surface area contributed by atoms with E-state index in [4.69, 9.17) is 0 Å². The van der Waals surface area contributed by atoms with E-state index in [9.17, 15) is 9.59 Å². The van der Waals surface area contributed by atoms with Gasteiger partial charge in [-0.1, -0.05) is 17.7 Å². The van der Waals surface area contributed by atoms with Crippen molar-refractivity contribution in [2.24, 2.45) is 0 Å². The summed E-state index contributed by atoms with van der Waals surface area (Å²) in [6.45, 7) is 2.22. The molecule has 2 aromatic rings. The first-order chi connectivity index (χ1) is 9.16. The highest BCUT2D eigenvalue weighted by Gasteiger charge is 2.35. The number of ketones is 1. The van der Waals surface area contributed by atoms with Gasteiger partial charge >= 0.3 is 0 Å². The van der Waals surface area contributed by atoms with E-state index in [-0.39, 0.29) is 0 Å². The summed E-state index contributed by atoms with van der Waals surface area (Å²) in [4.78, 5) is 29.6. The summed E-state index contributed by atoms with van der Waals surface area (Å²) in [7, 11) is 0. The summed E-state index contributed by atoms with van der Waals surface area (Å²) in [5.41, 5.74) is 2.89. The van der Waals surface area contributed by atoms with Crippen LogP contribution in [0.25, 0.3) is 0 Å². The third kappa shape index (κ3) is 1.91. The van der Waals surface area contributed by atoms with Crippen LogP contribution in [0.3, 0.4) is 0 Å². The van der Waals surface area contributed by atoms with E-state index in [1.165, 1.54) is 4.90 Å². The molecule has 3 rings (SSSR count).